The van der Waals surface area contributed by atoms with Gasteiger partial charge in [-0.25, -0.2) is 9.37 Å². The van der Waals surface area contributed by atoms with Crippen LogP contribution in [0.2, 0.25) is 0 Å². The van der Waals surface area contributed by atoms with E-state index in [4.69, 9.17) is 26.6 Å². The highest BCUT2D eigenvalue weighted by Gasteiger charge is 2.27. The molecule has 5 aromatic rings. The fourth-order valence-corrected chi connectivity index (χ4v) is 5.99. The Balaban J connectivity index is 1.31. The second-order valence-corrected chi connectivity index (χ2v) is 11.6. The highest BCUT2D eigenvalue weighted by atomic mass is 19.1. The number of nitrogens with two attached hydrogens (primary N) is 2. The van der Waals surface area contributed by atoms with Crippen LogP contribution in [0.1, 0.15) is 29.2 Å². The number of primary amides is 1. The minimum atomic E-state index is -0.765. The molecule has 6 N–H and O–H groups in total. The van der Waals surface area contributed by atoms with Crippen molar-refractivity contribution in [3.63, 3.8) is 0 Å². The van der Waals surface area contributed by atoms with E-state index < -0.39 is 11.9 Å². The summed E-state index contributed by atoms with van der Waals surface area (Å²) in [5.41, 5.74) is 14.7. The molecule has 1 aromatic heterocycles. The summed E-state index contributed by atoms with van der Waals surface area (Å²) in [6.07, 6.45) is 0.886. The number of halogens is 1. The lowest BCUT2D eigenvalue weighted by molar-refractivity contribution is -0.121. The predicted octanol–water partition coefficient (Wildman–Crippen LogP) is 4.89. The molecule has 2 amide bonds. The average Bonchev–Trinajstić information content (AvgIpc) is 3.47. The van der Waals surface area contributed by atoms with E-state index in [1.54, 1.807) is 29.2 Å². The van der Waals surface area contributed by atoms with E-state index in [-0.39, 0.29) is 17.7 Å². The van der Waals surface area contributed by atoms with E-state index in [1.807, 2.05) is 65.2 Å². The molecule has 48 heavy (non-hydrogen) atoms. The molecule has 11 nitrogen and oxygen atoms in total. The quantitative estimate of drug-likeness (QED) is 0.0903. The SMILES string of the molecule is N=C(N)NCCC[C@H](C(N)=O)n1c(-c2cccc(Oc3ccccc3)c2)nc2cc(C(=O)N3CCN(c4ccc(F)cc4)CC3)ccc21. The van der Waals surface area contributed by atoms with Gasteiger partial charge in [0.15, 0.2) is 5.96 Å². The Bertz CT molecular complexity index is 1920. The summed E-state index contributed by atoms with van der Waals surface area (Å²) in [5.74, 6) is 0.690. The molecule has 246 valence electrons. The average molecular weight is 649 g/mol. The molecule has 0 aliphatic carbocycles. The zero-order valence-electron chi connectivity index (χ0n) is 26.3. The summed E-state index contributed by atoms with van der Waals surface area (Å²) in [5, 5.41) is 10.2. The van der Waals surface area contributed by atoms with Crippen LogP contribution in [0.5, 0.6) is 11.5 Å². The van der Waals surface area contributed by atoms with Gasteiger partial charge in [0.25, 0.3) is 5.91 Å². The number of piperazine rings is 1. The van der Waals surface area contributed by atoms with Gasteiger partial charge in [-0.05, 0) is 79.6 Å². The minimum Gasteiger partial charge on any atom is -0.457 e. The lowest BCUT2D eigenvalue weighted by Gasteiger charge is -2.36. The number of amides is 2. The summed E-state index contributed by atoms with van der Waals surface area (Å²) in [6.45, 7) is 2.67. The van der Waals surface area contributed by atoms with Crippen LogP contribution in [0, 0.1) is 11.2 Å². The molecular formula is C36H37FN8O3. The number of carbonyl (C=O) groups excluding carboxylic acids is 2. The number of carbonyl (C=O) groups is 2. The Morgan fingerprint density at radius 3 is 2.33 bits per heavy atom. The van der Waals surface area contributed by atoms with Crippen molar-refractivity contribution in [2.75, 3.05) is 37.6 Å². The maximum absolute atomic E-state index is 13.7. The molecule has 6 rings (SSSR count). The Hall–Kier alpha value is -5.91. The number of para-hydroxylation sites is 1. The van der Waals surface area contributed by atoms with Crippen LogP contribution in [-0.2, 0) is 4.79 Å². The summed E-state index contributed by atoms with van der Waals surface area (Å²) in [4.78, 5) is 35.5. The third-order valence-corrected chi connectivity index (χ3v) is 8.38. The van der Waals surface area contributed by atoms with Crippen molar-refractivity contribution >= 4 is 34.5 Å². The zero-order chi connectivity index (χ0) is 33.6. The summed E-state index contributed by atoms with van der Waals surface area (Å²) >= 11 is 0. The van der Waals surface area contributed by atoms with Crippen molar-refractivity contribution in [3.05, 3.63) is 108 Å². The number of ether oxygens (including phenoxy) is 1. The molecule has 1 atom stereocenters. The van der Waals surface area contributed by atoms with Gasteiger partial charge in [-0.3, -0.25) is 15.0 Å². The molecule has 1 fully saturated rings. The van der Waals surface area contributed by atoms with Gasteiger partial charge < -0.3 is 35.9 Å². The first-order valence-corrected chi connectivity index (χ1v) is 15.8. The van der Waals surface area contributed by atoms with Crippen molar-refractivity contribution in [1.82, 2.24) is 19.8 Å². The van der Waals surface area contributed by atoms with Crippen LogP contribution < -0.4 is 26.4 Å². The molecule has 0 saturated carbocycles. The zero-order valence-corrected chi connectivity index (χ0v) is 26.3. The molecule has 0 bridgehead atoms. The number of rotatable bonds is 11. The summed E-state index contributed by atoms with van der Waals surface area (Å²) in [7, 11) is 0. The number of nitrogens with one attached hydrogen (secondary N) is 2. The lowest BCUT2D eigenvalue weighted by atomic mass is 10.1. The Kier molecular flexibility index (Phi) is 9.51. The normalized spacial score (nSPS) is 13.7. The summed E-state index contributed by atoms with van der Waals surface area (Å²) in [6, 6.07) is 27.8. The molecule has 2 heterocycles. The van der Waals surface area contributed by atoms with E-state index in [0.717, 1.165) is 5.69 Å². The molecule has 1 saturated heterocycles. The van der Waals surface area contributed by atoms with E-state index in [9.17, 15) is 14.0 Å². The molecule has 0 spiro atoms. The number of imidazole rings is 1. The van der Waals surface area contributed by atoms with E-state index in [0.29, 0.717) is 85.0 Å². The van der Waals surface area contributed by atoms with Gasteiger partial charge in [-0.2, -0.15) is 0 Å². The van der Waals surface area contributed by atoms with Crippen LogP contribution in [-0.4, -0.2) is 64.9 Å². The van der Waals surface area contributed by atoms with Crippen LogP contribution in [0.3, 0.4) is 0 Å². The van der Waals surface area contributed by atoms with Crippen LogP contribution in [0.15, 0.2) is 97.1 Å². The smallest absolute Gasteiger partial charge is 0.254 e. The molecule has 12 heteroatoms. The van der Waals surface area contributed by atoms with Crippen molar-refractivity contribution in [1.29, 1.82) is 5.41 Å². The largest absolute Gasteiger partial charge is 0.457 e. The van der Waals surface area contributed by atoms with Gasteiger partial charge in [-0.1, -0.05) is 30.3 Å². The fourth-order valence-electron chi connectivity index (χ4n) is 5.99. The number of hydrogen-bond donors (Lipinski definition) is 4. The number of guanidine groups is 1. The molecule has 1 aliphatic heterocycles. The van der Waals surface area contributed by atoms with Crippen LogP contribution in [0.25, 0.3) is 22.4 Å². The third-order valence-electron chi connectivity index (χ3n) is 8.38. The monoisotopic (exact) mass is 648 g/mol. The van der Waals surface area contributed by atoms with Crippen molar-refractivity contribution in [3.8, 4) is 22.9 Å². The number of hydrogen-bond acceptors (Lipinski definition) is 6. The Morgan fingerprint density at radius 1 is 0.896 bits per heavy atom. The predicted molar refractivity (Wildman–Crippen MR) is 184 cm³/mol. The number of nitrogens with zero attached hydrogens (tertiary/aromatic N) is 4. The van der Waals surface area contributed by atoms with Gasteiger partial charge >= 0.3 is 0 Å². The Labute approximate surface area is 277 Å². The number of anilines is 1. The fraction of sp³-hybridized carbons (Fsp3) is 0.222. The number of aromatic nitrogens is 2. The van der Waals surface area contributed by atoms with Crippen molar-refractivity contribution in [2.45, 2.75) is 18.9 Å². The highest BCUT2D eigenvalue weighted by molar-refractivity contribution is 5.98. The van der Waals surface area contributed by atoms with Crippen molar-refractivity contribution in [2.24, 2.45) is 11.5 Å². The maximum Gasteiger partial charge on any atom is 0.254 e. The van der Waals surface area contributed by atoms with Crippen LogP contribution >= 0.6 is 0 Å². The standard InChI is InChI=1S/C36H37FN8O3/c37-26-12-14-27(15-13-26)43-18-20-44(21-19-43)35(47)25-11-16-31-30(23-25)42-34(45(31)32(33(38)46)10-5-17-41-36(39)40)24-6-4-9-29(22-24)48-28-7-2-1-3-8-28/h1-4,6-9,11-16,22-23,32H,5,10,17-21H2,(H2,38,46)(H4,39,40,41)/t32-/m1/s1. The van der Waals surface area contributed by atoms with Crippen molar-refractivity contribution < 1.29 is 18.7 Å². The highest BCUT2D eigenvalue weighted by Crippen LogP contribution is 2.34. The topological polar surface area (TPSA) is 156 Å². The summed E-state index contributed by atoms with van der Waals surface area (Å²) < 4.78 is 21.3. The van der Waals surface area contributed by atoms with Gasteiger partial charge in [0.1, 0.15) is 29.2 Å². The minimum absolute atomic E-state index is 0.119. The van der Waals surface area contributed by atoms with E-state index in [1.165, 1.54) is 12.1 Å². The molecule has 4 aromatic carbocycles. The molecule has 0 unspecified atom stereocenters. The first kappa shape index (κ1) is 32.0. The maximum atomic E-state index is 13.7. The third kappa shape index (κ3) is 7.22. The van der Waals surface area contributed by atoms with E-state index in [2.05, 4.69) is 10.2 Å². The van der Waals surface area contributed by atoms with E-state index >= 15 is 0 Å². The van der Waals surface area contributed by atoms with Gasteiger partial charge in [-0.15, -0.1) is 0 Å². The van der Waals surface area contributed by atoms with Gasteiger partial charge in [0, 0.05) is 49.5 Å². The molecule has 0 radical (unpaired) electrons. The second kappa shape index (κ2) is 14.2. The second-order valence-electron chi connectivity index (χ2n) is 11.6. The van der Waals surface area contributed by atoms with Gasteiger partial charge in [0.2, 0.25) is 5.91 Å². The number of fused-ring (bicyclic) bond motifs is 1. The first-order chi connectivity index (χ1) is 23.3. The number of benzene rings is 4. The lowest BCUT2D eigenvalue weighted by Crippen LogP contribution is -2.48. The van der Waals surface area contributed by atoms with Crippen LogP contribution in [0.4, 0.5) is 10.1 Å². The first-order valence-electron chi connectivity index (χ1n) is 15.8. The molecule has 1 aliphatic rings. The molecular weight excluding hydrogens is 611 g/mol. The Morgan fingerprint density at radius 2 is 1.62 bits per heavy atom. The van der Waals surface area contributed by atoms with Gasteiger partial charge in [0.05, 0.1) is 11.0 Å².